The van der Waals surface area contributed by atoms with Crippen molar-refractivity contribution in [3.63, 3.8) is 0 Å². The number of nitrogens with one attached hydrogen (secondary N) is 5. The van der Waals surface area contributed by atoms with E-state index in [1.807, 2.05) is 39.0 Å². The number of ketones is 1. The molecular formula is C38H52N6O7. The van der Waals surface area contributed by atoms with Gasteiger partial charge in [-0.15, -0.1) is 0 Å². The molecule has 0 bridgehead atoms. The van der Waals surface area contributed by atoms with E-state index in [9.17, 15) is 28.8 Å². The molecule has 5 atom stereocenters. The minimum atomic E-state index is -1.29. The molecule has 0 radical (unpaired) electrons. The zero-order chi connectivity index (χ0) is 36.8. The van der Waals surface area contributed by atoms with Gasteiger partial charge in [-0.1, -0.05) is 69.5 Å². The Kier molecular flexibility index (Phi) is 14.9. The number of aromatic nitrogens is 1. The molecule has 13 heteroatoms. The summed E-state index contributed by atoms with van der Waals surface area (Å²) in [6.07, 6.45) is 6.60. The Balaban J connectivity index is 1.48. The van der Waals surface area contributed by atoms with Crippen molar-refractivity contribution in [2.75, 3.05) is 6.54 Å². The van der Waals surface area contributed by atoms with Gasteiger partial charge in [-0.25, -0.2) is 4.79 Å². The van der Waals surface area contributed by atoms with E-state index in [0.717, 1.165) is 37.7 Å². The van der Waals surface area contributed by atoms with E-state index in [4.69, 9.17) is 4.74 Å². The molecule has 51 heavy (non-hydrogen) atoms. The van der Waals surface area contributed by atoms with Gasteiger partial charge >= 0.3 is 6.09 Å². The van der Waals surface area contributed by atoms with Crippen LogP contribution in [-0.4, -0.2) is 71.2 Å². The first-order valence-electron chi connectivity index (χ1n) is 18.1. The van der Waals surface area contributed by atoms with E-state index in [1.54, 1.807) is 36.5 Å². The van der Waals surface area contributed by atoms with Gasteiger partial charge < -0.3 is 31.3 Å². The molecule has 5 amide bonds. The molecule has 2 aliphatic rings. The summed E-state index contributed by atoms with van der Waals surface area (Å²) in [5, 5.41) is 13.7. The molecular weight excluding hydrogens is 652 g/mol. The number of pyridine rings is 1. The fourth-order valence-corrected chi connectivity index (χ4v) is 6.67. The number of alkyl carbamates (subject to hydrolysis) is 1. The van der Waals surface area contributed by atoms with Gasteiger partial charge in [0.25, 0.3) is 5.91 Å². The first-order valence-corrected chi connectivity index (χ1v) is 18.1. The molecule has 4 rings (SSSR count). The van der Waals surface area contributed by atoms with Gasteiger partial charge in [-0.3, -0.25) is 29.0 Å². The van der Waals surface area contributed by atoms with Gasteiger partial charge in [-0.2, -0.15) is 0 Å². The minimum Gasteiger partial charge on any atom is -0.445 e. The van der Waals surface area contributed by atoms with Crippen molar-refractivity contribution in [3.8, 4) is 0 Å². The second-order valence-corrected chi connectivity index (χ2v) is 14.1. The Bertz CT molecular complexity index is 1480. The largest absolute Gasteiger partial charge is 0.445 e. The highest BCUT2D eigenvalue weighted by Crippen LogP contribution is 2.26. The van der Waals surface area contributed by atoms with Gasteiger partial charge in [0.2, 0.25) is 23.5 Å². The number of ether oxygens (including phenoxy) is 1. The third kappa shape index (κ3) is 12.5. The Hall–Kier alpha value is -4.81. The van der Waals surface area contributed by atoms with Gasteiger partial charge in [-0.05, 0) is 68.6 Å². The maximum Gasteiger partial charge on any atom is 0.408 e. The predicted octanol–water partition coefficient (Wildman–Crippen LogP) is 3.12. The lowest BCUT2D eigenvalue weighted by atomic mass is 9.84. The van der Waals surface area contributed by atoms with Crippen LogP contribution in [0, 0.1) is 17.8 Å². The van der Waals surface area contributed by atoms with Crippen LogP contribution in [0.1, 0.15) is 83.4 Å². The van der Waals surface area contributed by atoms with Crippen LogP contribution in [0.4, 0.5) is 4.79 Å². The fourth-order valence-electron chi connectivity index (χ4n) is 6.67. The van der Waals surface area contributed by atoms with Gasteiger partial charge in [0.05, 0.1) is 6.04 Å². The molecule has 5 N–H and O–H groups in total. The molecule has 2 heterocycles. The molecule has 2 aromatic rings. The molecule has 1 aromatic carbocycles. The summed E-state index contributed by atoms with van der Waals surface area (Å²) in [6.45, 7) is 6.07. The summed E-state index contributed by atoms with van der Waals surface area (Å²) >= 11 is 0. The lowest BCUT2D eigenvalue weighted by molar-refractivity contribution is -0.141. The number of Topliss-reactive ketones (excluding diaryl/α,β-unsaturated/α-hetero) is 1. The average Bonchev–Trinajstić information content (AvgIpc) is 3.54. The normalized spacial score (nSPS) is 18.4. The lowest BCUT2D eigenvalue weighted by Gasteiger charge is -2.29. The van der Waals surface area contributed by atoms with Crippen LogP contribution in [-0.2, 0) is 41.7 Å². The third-order valence-corrected chi connectivity index (χ3v) is 9.56. The van der Waals surface area contributed by atoms with Crippen molar-refractivity contribution >= 4 is 35.5 Å². The van der Waals surface area contributed by atoms with E-state index >= 15 is 0 Å². The second kappa shape index (κ2) is 19.5. The zero-order valence-corrected chi connectivity index (χ0v) is 29.8. The SMILES string of the molecule is CC(C)C[C@H](NC(=O)[C@H](Cc1ccccn1)NC(=O)OCc1ccccc1)C(=O)N[C@@H](C[C@@H]1CCNC1=O)C(=O)C(=O)N[C@@H](C)C1CCCCC1. The van der Waals surface area contributed by atoms with Crippen LogP contribution in [0.2, 0.25) is 0 Å². The van der Waals surface area contributed by atoms with E-state index in [1.165, 1.54) is 0 Å². The monoisotopic (exact) mass is 704 g/mol. The van der Waals surface area contributed by atoms with Gasteiger partial charge in [0.1, 0.15) is 18.7 Å². The highest BCUT2D eigenvalue weighted by molar-refractivity contribution is 6.38. The summed E-state index contributed by atoms with van der Waals surface area (Å²) in [5.74, 6) is -3.58. The smallest absolute Gasteiger partial charge is 0.408 e. The summed E-state index contributed by atoms with van der Waals surface area (Å²) in [6, 6.07) is 10.5. The summed E-state index contributed by atoms with van der Waals surface area (Å²) < 4.78 is 5.37. The average molecular weight is 705 g/mol. The molecule has 1 saturated carbocycles. The second-order valence-electron chi connectivity index (χ2n) is 14.1. The van der Waals surface area contributed by atoms with Gasteiger partial charge in [0, 0.05) is 36.8 Å². The number of hydrogen-bond donors (Lipinski definition) is 5. The number of amides is 5. The fraction of sp³-hybridized carbons (Fsp3) is 0.553. The Labute approximate surface area is 299 Å². The number of carbonyl (C=O) groups is 6. The van der Waals surface area contributed by atoms with E-state index in [0.29, 0.717) is 18.7 Å². The molecule has 0 unspecified atom stereocenters. The Morgan fingerprint density at radius 3 is 2.16 bits per heavy atom. The van der Waals surface area contributed by atoms with Crippen molar-refractivity contribution in [1.82, 2.24) is 31.6 Å². The zero-order valence-electron chi connectivity index (χ0n) is 29.8. The standard InChI is InChI=1S/C38H52N6O7/c1-24(2)20-31(43-36(48)32(22-29-16-10-11-18-39-29)44-38(50)51-23-26-12-6-4-7-13-26)35(47)42-30(21-28-17-19-40-34(28)46)33(45)37(49)41-25(3)27-14-8-5-9-15-27/h4,6-7,10-13,16,18,24-25,27-28,30-32H,5,8-9,14-15,17,19-23H2,1-3H3,(H,40,46)(H,41,49)(H,42,47)(H,43,48)(H,44,50)/t25-,28-,30-,31-,32-/m0/s1. The van der Waals surface area contributed by atoms with Crippen LogP contribution in [0.15, 0.2) is 54.7 Å². The first kappa shape index (κ1) is 39.0. The quantitative estimate of drug-likeness (QED) is 0.156. The lowest BCUT2D eigenvalue weighted by Crippen LogP contribution is -2.58. The van der Waals surface area contributed by atoms with Crippen molar-refractivity contribution in [2.45, 2.75) is 109 Å². The van der Waals surface area contributed by atoms with E-state index in [2.05, 4.69) is 31.6 Å². The highest BCUT2D eigenvalue weighted by Gasteiger charge is 2.37. The third-order valence-electron chi connectivity index (χ3n) is 9.56. The van der Waals surface area contributed by atoms with Crippen molar-refractivity contribution in [2.24, 2.45) is 17.8 Å². The number of nitrogens with zero attached hydrogens (tertiary/aromatic N) is 1. The molecule has 1 saturated heterocycles. The molecule has 1 aliphatic heterocycles. The Morgan fingerprint density at radius 1 is 0.824 bits per heavy atom. The van der Waals surface area contributed by atoms with Crippen molar-refractivity contribution in [1.29, 1.82) is 0 Å². The molecule has 0 spiro atoms. The highest BCUT2D eigenvalue weighted by atomic mass is 16.5. The predicted molar refractivity (Wildman–Crippen MR) is 190 cm³/mol. The maximum absolute atomic E-state index is 13.9. The molecule has 2 fully saturated rings. The Morgan fingerprint density at radius 2 is 1.51 bits per heavy atom. The van der Waals surface area contributed by atoms with Crippen LogP contribution >= 0.6 is 0 Å². The van der Waals surface area contributed by atoms with Crippen LogP contribution < -0.4 is 26.6 Å². The topological polar surface area (TPSA) is 185 Å². The molecule has 1 aliphatic carbocycles. The van der Waals surface area contributed by atoms with Crippen LogP contribution in [0.5, 0.6) is 0 Å². The van der Waals surface area contributed by atoms with Crippen molar-refractivity contribution < 1.29 is 33.5 Å². The number of benzene rings is 1. The maximum atomic E-state index is 13.9. The molecule has 1 aromatic heterocycles. The summed E-state index contributed by atoms with van der Waals surface area (Å²) in [5.41, 5.74) is 1.29. The first-order chi connectivity index (χ1) is 24.5. The number of rotatable bonds is 17. The van der Waals surface area contributed by atoms with Gasteiger partial charge in [0.15, 0.2) is 0 Å². The molecule has 276 valence electrons. The van der Waals surface area contributed by atoms with E-state index < -0.39 is 53.6 Å². The van der Waals surface area contributed by atoms with E-state index in [-0.39, 0.29) is 49.7 Å². The minimum absolute atomic E-state index is 0.00950. The molecule has 13 nitrogen and oxygen atoms in total. The number of hydrogen-bond acceptors (Lipinski definition) is 8. The van der Waals surface area contributed by atoms with Crippen LogP contribution in [0.25, 0.3) is 0 Å². The van der Waals surface area contributed by atoms with Crippen molar-refractivity contribution in [3.05, 3.63) is 66.0 Å². The summed E-state index contributed by atoms with van der Waals surface area (Å²) in [7, 11) is 0. The summed E-state index contributed by atoms with van der Waals surface area (Å²) in [4.78, 5) is 84.2. The number of carbonyl (C=O) groups excluding carboxylic acids is 6. The van der Waals surface area contributed by atoms with Crippen LogP contribution in [0.3, 0.4) is 0 Å².